The van der Waals surface area contributed by atoms with Gasteiger partial charge in [0.05, 0.1) is 16.3 Å². The number of amides is 1. The summed E-state index contributed by atoms with van der Waals surface area (Å²) >= 11 is 5.83. The highest BCUT2D eigenvalue weighted by atomic mass is 35.5. The molecular weight excluding hydrogens is 397 g/mol. The van der Waals surface area contributed by atoms with E-state index >= 15 is 0 Å². The maximum atomic E-state index is 12.6. The first-order valence-electron chi connectivity index (χ1n) is 8.04. The molecule has 1 aromatic carbocycles. The van der Waals surface area contributed by atoms with Crippen LogP contribution in [0.25, 0.3) is 0 Å². The second-order valence-electron chi connectivity index (χ2n) is 5.96. The van der Waals surface area contributed by atoms with Crippen LogP contribution in [0.15, 0.2) is 41.6 Å². The Labute approximate surface area is 165 Å². The van der Waals surface area contributed by atoms with Crippen molar-refractivity contribution in [2.45, 2.75) is 13.1 Å². The number of nitrogens with zero attached hydrogens (tertiary/aromatic N) is 3. The lowest BCUT2D eigenvalue weighted by Gasteiger charge is -2.11. The number of hydrogen-bond donors (Lipinski definition) is 1. The predicted octanol–water partition coefficient (Wildman–Crippen LogP) is 4.06. The fourth-order valence-electron chi connectivity index (χ4n) is 1.94. The van der Waals surface area contributed by atoms with Crippen LogP contribution in [0, 0.1) is 0 Å². The number of carbonyl (C=O) groups excluding carboxylic acids is 1. The third-order valence-electron chi connectivity index (χ3n) is 3.63. The van der Waals surface area contributed by atoms with Crippen LogP contribution in [0.2, 0.25) is 5.02 Å². The van der Waals surface area contributed by atoms with Crippen LogP contribution in [0.3, 0.4) is 0 Å². The molecule has 0 radical (unpaired) electrons. The summed E-state index contributed by atoms with van der Waals surface area (Å²) in [6, 6.07) is 7.61. The fraction of sp³-hybridized carbons (Fsp3) is 0.278. The number of alkyl halides is 3. The number of hydrazone groups is 1. The van der Waals surface area contributed by atoms with Crippen molar-refractivity contribution in [1.82, 2.24) is 9.88 Å². The summed E-state index contributed by atoms with van der Waals surface area (Å²) < 4.78 is 43.3. The third kappa shape index (κ3) is 5.85. The van der Waals surface area contributed by atoms with E-state index in [2.05, 4.69) is 15.5 Å². The molecule has 150 valence electrons. The number of aromatic nitrogens is 1. The molecule has 1 amide bonds. The van der Waals surface area contributed by atoms with E-state index in [1.54, 1.807) is 45.3 Å². The average Bonchev–Trinajstić information content (AvgIpc) is 2.64. The number of likely N-dealkylation sites (N-methyl/N-ethyl adjacent to an activating group) is 1. The predicted molar refractivity (Wildman–Crippen MR) is 101 cm³/mol. The number of hydrogen-bond acceptors (Lipinski definition) is 5. The zero-order valence-corrected chi connectivity index (χ0v) is 16.1. The van der Waals surface area contributed by atoms with E-state index < -0.39 is 11.7 Å². The number of carbonyl (C=O) groups is 1. The van der Waals surface area contributed by atoms with E-state index in [1.807, 2.05) is 0 Å². The first-order chi connectivity index (χ1) is 13.1. The van der Waals surface area contributed by atoms with Crippen molar-refractivity contribution in [3.05, 3.63) is 52.7 Å². The van der Waals surface area contributed by atoms with E-state index in [1.165, 1.54) is 4.90 Å². The number of nitrogens with one attached hydrogen (secondary N) is 1. The van der Waals surface area contributed by atoms with Gasteiger partial charge in [0.1, 0.15) is 5.75 Å². The van der Waals surface area contributed by atoms with Gasteiger partial charge in [-0.15, -0.1) is 0 Å². The minimum absolute atomic E-state index is 0.0103. The van der Waals surface area contributed by atoms with Gasteiger partial charge in [-0.25, -0.2) is 4.98 Å². The SMILES string of the molecule is C/C(=N/Nc1ncc(C(F)(F)F)cc1Cl)c1ccc(OCC(=O)N(C)C)cc1. The molecule has 1 heterocycles. The van der Waals surface area contributed by atoms with Crippen molar-refractivity contribution in [1.29, 1.82) is 0 Å². The lowest BCUT2D eigenvalue weighted by atomic mass is 10.1. The highest BCUT2D eigenvalue weighted by Gasteiger charge is 2.31. The summed E-state index contributed by atoms with van der Waals surface area (Å²) in [6.45, 7) is 1.63. The molecule has 0 saturated heterocycles. The molecule has 0 aliphatic carbocycles. The summed E-state index contributed by atoms with van der Waals surface area (Å²) in [5.74, 6) is 0.371. The van der Waals surface area contributed by atoms with Gasteiger partial charge in [0.15, 0.2) is 12.4 Å². The Kier molecular flexibility index (Phi) is 6.85. The molecule has 0 saturated carbocycles. The fourth-order valence-corrected chi connectivity index (χ4v) is 2.15. The highest BCUT2D eigenvalue weighted by Crippen LogP contribution is 2.32. The largest absolute Gasteiger partial charge is 0.484 e. The molecule has 0 aliphatic rings. The standard InChI is InChI=1S/C18H18ClF3N4O2/c1-11(12-4-6-14(7-5-12)28-10-16(27)26(2)3)24-25-17-15(19)8-13(9-23-17)18(20,21)22/h4-9H,10H2,1-3H3,(H,23,25)/b24-11-. The number of anilines is 1. The van der Waals surface area contributed by atoms with Crippen LogP contribution in [0.1, 0.15) is 18.1 Å². The van der Waals surface area contributed by atoms with Gasteiger partial charge in [-0.2, -0.15) is 18.3 Å². The first kappa shape index (κ1) is 21.5. The van der Waals surface area contributed by atoms with Crippen molar-refractivity contribution >= 4 is 29.0 Å². The second kappa shape index (κ2) is 8.92. The van der Waals surface area contributed by atoms with Crippen LogP contribution in [-0.2, 0) is 11.0 Å². The van der Waals surface area contributed by atoms with Gasteiger partial charge >= 0.3 is 6.18 Å². The maximum absolute atomic E-state index is 12.6. The van der Waals surface area contributed by atoms with E-state index in [4.69, 9.17) is 16.3 Å². The number of pyridine rings is 1. The molecule has 0 bridgehead atoms. The van der Waals surface area contributed by atoms with E-state index in [9.17, 15) is 18.0 Å². The molecule has 0 atom stereocenters. The Morgan fingerprint density at radius 3 is 2.46 bits per heavy atom. The van der Waals surface area contributed by atoms with Crippen LogP contribution >= 0.6 is 11.6 Å². The molecule has 0 spiro atoms. The molecule has 2 aromatic rings. The lowest BCUT2D eigenvalue weighted by molar-refractivity contribution is -0.137. The topological polar surface area (TPSA) is 66.8 Å². The van der Waals surface area contributed by atoms with Gasteiger partial charge < -0.3 is 9.64 Å². The molecule has 0 fully saturated rings. The molecular formula is C18H18ClF3N4O2. The van der Waals surface area contributed by atoms with Crippen molar-refractivity contribution in [3.63, 3.8) is 0 Å². The molecule has 0 aliphatic heterocycles. The van der Waals surface area contributed by atoms with E-state index in [-0.39, 0.29) is 23.4 Å². The van der Waals surface area contributed by atoms with Gasteiger partial charge in [-0.05, 0) is 42.8 Å². The molecule has 0 unspecified atom stereocenters. The molecule has 2 rings (SSSR count). The second-order valence-corrected chi connectivity index (χ2v) is 6.37. The van der Waals surface area contributed by atoms with Crippen LogP contribution in [0.5, 0.6) is 5.75 Å². The Morgan fingerprint density at radius 2 is 1.93 bits per heavy atom. The van der Waals surface area contributed by atoms with Crippen LogP contribution < -0.4 is 10.2 Å². The molecule has 1 N–H and O–H groups in total. The molecule has 10 heteroatoms. The number of ether oxygens (including phenoxy) is 1. The maximum Gasteiger partial charge on any atom is 0.417 e. The Hall–Kier alpha value is -2.81. The van der Waals surface area contributed by atoms with Crippen molar-refractivity contribution < 1.29 is 22.7 Å². The summed E-state index contributed by atoms with van der Waals surface area (Å²) in [4.78, 5) is 16.6. The van der Waals surface area contributed by atoms with Gasteiger partial charge in [0.2, 0.25) is 0 Å². The number of halogens is 4. The monoisotopic (exact) mass is 414 g/mol. The summed E-state index contributed by atoms with van der Waals surface area (Å²) in [7, 11) is 3.28. The van der Waals surface area contributed by atoms with Gasteiger partial charge in [0.25, 0.3) is 5.91 Å². The van der Waals surface area contributed by atoms with Gasteiger partial charge in [-0.3, -0.25) is 10.2 Å². The average molecular weight is 415 g/mol. The smallest absolute Gasteiger partial charge is 0.417 e. The summed E-state index contributed by atoms with van der Waals surface area (Å²) in [5.41, 5.74) is 2.90. The van der Waals surface area contributed by atoms with E-state index in [0.717, 1.165) is 11.6 Å². The molecule has 6 nitrogen and oxygen atoms in total. The summed E-state index contributed by atoms with van der Waals surface area (Å²) in [6.07, 6.45) is -3.84. The van der Waals surface area contributed by atoms with Crippen molar-refractivity contribution in [2.24, 2.45) is 5.10 Å². The first-order valence-corrected chi connectivity index (χ1v) is 8.42. The lowest BCUT2D eigenvalue weighted by Crippen LogP contribution is -2.27. The minimum atomic E-state index is -4.52. The highest BCUT2D eigenvalue weighted by molar-refractivity contribution is 6.33. The van der Waals surface area contributed by atoms with Crippen molar-refractivity contribution in [3.8, 4) is 5.75 Å². The zero-order chi connectivity index (χ0) is 20.9. The summed E-state index contributed by atoms with van der Waals surface area (Å²) in [5, 5.41) is 3.89. The Balaban J connectivity index is 2.03. The zero-order valence-electron chi connectivity index (χ0n) is 15.3. The number of benzene rings is 1. The minimum Gasteiger partial charge on any atom is -0.484 e. The Morgan fingerprint density at radius 1 is 1.29 bits per heavy atom. The van der Waals surface area contributed by atoms with Gasteiger partial charge in [0, 0.05) is 20.3 Å². The molecule has 28 heavy (non-hydrogen) atoms. The third-order valence-corrected chi connectivity index (χ3v) is 3.92. The van der Waals surface area contributed by atoms with Crippen LogP contribution in [0.4, 0.5) is 19.0 Å². The van der Waals surface area contributed by atoms with E-state index in [0.29, 0.717) is 17.7 Å². The quantitative estimate of drug-likeness (QED) is 0.572. The van der Waals surface area contributed by atoms with Crippen LogP contribution in [-0.4, -0.2) is 42.2 Å². The Bertz CT molecular complexity index is 868. The normalized spacial score (nSPS) is 11.9. The van der Waals surface area contributed by atoms with Crippen molar-refractivity contribution in [2.75, 3.05) is 26.1 Å². The number of rotatable bonds is 6. The van der Waals surface area contributed by atoms with Gasteiger partial charge in [-0.1, -0.05) is 11.6 Å². The molecule has 1 aromatic heterocycles.